The van der Waals surface area contributed by atoms with Gasteiger partial charge in [-0.15, -0.1) is 0 Å². The number of hydrogen-bond donors (Lipinski definition) is 1. The minimum atomic E-state index is -0.228. The lowest BCUT2D eigenvalue weighted by molar-refractivity contribution is -0.116. The summed E-state index contributed by atoms with van der Waals surface area (Å²) in [5.41, 5.74) is 0.856. The van der Waals surface area contributed by atoms with E-state index in [-0.39, 0.29) is 18.0 Å². The molecule has 0 bridgehead atoms. The molecule has 5 nitrogen and oxygen atoms in total. The first kappa shape index (κ1) is 13.2. The Kier molecular flexibility index (Phi) is 3.31. The van der Waals surface area contributed by atoms with Gasteiger partial charge in [0, 0.05) is 30.2 Å². The standard InChI is InChI=1S/C16H15N3O2/c1-18-13-7-3-2-6-12(13)10-14(18)17-15(20)11-19-9-5-4-8-16(19)21/h2-10H,11H2,1H3,(H,17,20). The molecule has 2 aromatic heterocycles. The second-order valence-electron chi connectivity index (χ2n) is 4.86. The molecule has 0 spiro atoms. The van der Waals surface area contributed by atoms with E-state index in [1.165, 1.54) is 10.6 Å². The van der Waals surface area contributed by atoms with E-state index in [1.807, 2.05) is 41.9 Å². The van der Waals surface area contributed by atoms with Gasteiger partial charge in [-0.05, 0) is 18.2 Å². The van der Waals surface area contributed by atoms with Gasteiger partial charge in [-0.1, -0.05) is 24.3 Å². The van der Waals surface area contributed by atoms with Crippen molar-refractivity contribution in [3.05, 3.63) is 65.1 Å². The molecule has 0 saturated heterocycles. The number of nitrogens with one attached hydrogen (secondary N) is 1. The van der Waals surface area contributed by atoms with E-state index >= 15 is 0 Å². The number of amides is 1. The van der Waals surface area contributed by atoms with Crippen LogP contribution in [-0.2, 0) is 18.4 Å². The molecule has 0 unspecified atom stereocenters. The number of anilines is 1. The van der Waals surface area contributed by atoms with Crippen LogP contribution < -0.4 is 10.9 Å². The van der Waals surface area contributed by atoms with Gasteiger partial charge in [-0.25, -0.2) is 0 Å². The SMILES string of the molecule is Cn1c(NC(=O)Cn2ccccc2=O)cc2ccccc21. The highest BCUT2D eigenvalue weighted by Crippen LogP contribution is 2.21. The number of aromatic nitrogens is 2. The number of carbonyl (C=O) groups is 1. The van der Waals surface area contributed by atoms with Crippen molar-refractivity contribution >= 4 is 22.6 Å². The Bertz CT molecular complexity index is 861. The first-order valence-electron chi connectivity index (χ1n) is 6.65. The molecule has 0 fully saturated rings. The zero-order valence-electron chi connectivity index (χ0n) is 11.6. The second-order valence-corrected chi connectivity index (χ2v) is 4.86. The average molecular weight is 281 g/mol. The summed E-state index contributed by atoms with van der Waals surface area (Å²) in [4.78, 5) is 23.7. The first-order chi connectivity index (χ1) is 10.1. The van der Waals surface area contributed by atoms with Crippen LogP contribution in [0.25, 0.3) is 10.9 Å². The van der Waals surface area contributed by atoms with Crippen LogP contribution in [0.4, 0.5) is 5.82 Å². The van der Waals surface area contributed by atoms with Crippen LogP contribution in [0.3, 0.4) is 0 Å². The first-order valence-corrected chi connectivity index (χ1v) is 6.65. The lowest BCUT2D eigenvalue weighted by Crippen LogP contribution is -2.26. The predicted octanol–water partition coefficient (Wildman–Crippen LogP) is 1.98. The average Bonchev–Trinajstić information content (AvgIpc) is 2.78. The Balaban J connectivity index is 1.82. The lowest BCUT2D eigenvalue weighted by Gasteiger charge is -2.08. The monoisotopic (exact) mass is 281 g/mol. The maximum Gasteiger partial charge on any atom is 0.250 e. The van der Waals surface area contributed by atoms with E-state index in [4.69, 9.17) is 0 Å². The molecule has 3 rings (SSSR count). The number of nitrogens with zero attached hydrogens (tertiary/aromatic N) is 2. The van der Waals surface area contributed by atoms with Crippen LogP contribution in [0.1, 0.15) is 0 Å². The number of carbonyl (C=O) groups excluding carboxylic acids is 1. The number of rotatable bonds is 3. The summed E-state index contributed by atoms with van der Waals surface area (Å²) < 4.78 is 3.29. The summed E-state index contributed by atoms with van der Waals surface area (Å²) in [7, 11) is 1.90. The smallest absolute Gasteiger partial charge is 0.250 e. The van der Waals surface area contributed by atoms with Gasteiger partial charge in [0.05, 0.1) is 0 Å². The summed E-state index contributed by atoms with van der Waals surface area (Å²) >= 11 is 0. The van der Waals surface area contributed by atoms with Gasteiger partial charge in [0.1, 0.15) is 12.4 Å². The molecule has 1 amide bonds. The van der Waals surface area contributed by atoms with Crippen molar-refractivity contribution in [3.8, 4) is 0 Å². The Hall–Kier alpha value is -2.82. The normalized spacial score (nSPS) is 10.7. The van der Waals surface area contributed by atoms with Gasteiger partial charge in [0.15, 0.2) is 0 Å². The van der Waals surface area contributed by atoms with Crippen molar-refractivity contribution in [1.82, 2.24) is 9.13 Å². The van der Waals surface area contributed by atoms with Gasteiger partial charge in [0.2, 0.25) is 5.91 Å². The molecular formula is C16H15N3O2. The quantitative estimate of drug-likeness (QED) is 0.798. The van der Waals surface area contributed by atoms with E-state index in [1.54, 1.807) is 18.3 Å². The van der Waals surface area contributed by atoms with Crippen LogP contribution >= 0.6 is 0 Å². The summed E-state index contributed by atoms with van der Waals surface area (Å²) in [5.74, 6) is 0.486. The van der Waals surface area contributed by atoms with Gasteiger partial charge in [-0.2, -0.15) is 0 Å². The molecule has 0 aliphatic rings. The lowest BCUT2D eigenvalue weighted by atomic mass is 10.2. The molecule has 1 N–H and O–H groups in total. The Morgan fingerprint density at radius 2 is 1.90 bits per heavy atom. The molecule has 0 saturated carbocycles. The molecular weight excluding hydrogens is 266 g/mol. The molecule has 0 aliphatic carbocycles. The highest BCUT2D eigenvalue weighted by Gasteiger charge is 2.09. The zero-order valence-corrected chi connectivity index (χ0v) is 11.6. The van der Waals surface area contributed by atoms with Crippen molar-refractivity contribution in [2.45, 2.75) is 6.54 Å². The zero-order chi connectivity index (χ0) is 14.8. The summed E-state index contributed by atoms with van der Waals surface area (Å²) in [6, 6.07) is 14.6. The van der Waals surface area contributed by atoms with Crippen molar-refractivity contribution in [3.63, 3.8) is 0 Å². The largest absolute Gasteiger partial charge is 0.330 e. The fourth-order valence-corrected chi connectivity index (χ4v) is 2.34. The van der Waals surface area contributed by atoms with E-state index in [0.717, 1.165) is 10.9 Å². The maximum atomic E-state index is 12.1. The number of para-hydroxylation sites is 1. The number of hydrogen-bond acceptors (Lipinski definition) is 2. The molecule has 21 heavy (non-hydrogen) atoms. The molecule has 2 heterocycles. The molecule has 106 valence electrons. The highest BCUT2D eigenvalue weighted by molar-refractivity contribution is 5.94. The third-order valence-corrected chi connectivity index (χ3v) is 3.43. The van der Waals surface area contributed by atoms with E-state index in [0.29, 0.717) is 5.82 Å². The highest BCUT2D eigenvalue weighted by atomic mass is 16.2. The van der Waals surface area contributed by atoms with Crippen LogP contribution in [0.15, 0.2) is 59.5 Å². The fraction of sp³-hybridized carbons (Fsp3) is 0.125. The fourth-order valence-electron chi connectivity index (χ4n) is 2.34. The van der Waals surface area contributed by atoms with Gasteiger partial charge >= 0.3 is 0 Å². The number of aryl methyl sites for hydroxylation is 1. The van der Waals surface area contributed by atoms with Crippen LogP contribution in [0.5, 0.6) is 0 Å². The minimum Gasteiger partial charge on any atom is -0.330 e. The van der Waals surface area contributed by atoms with Gasteiger partial charge in [-0.3, -0.25) is 9.59 Å². The van der Waals surface area contributed by atoms with Crippen molar-refractivity contribution in [1.29, 1.82) is 0 Å². The summed E-state index contributed by atoms with van der Waals surface area (Å²) in [5, 5.41) is 3.90. The summed E-state index contributed by atoms with van der Waals surface area (Å²) in [6.45, 7) is 0.00119. The Morgan fingerprint density at radius 1 is 1.14 bits per heavy atom. The third kappa shape index (κ3) is 2.58. The van der Waals surface area contributed by atoms with Crippen molar-refractivity contribution < 1.29 is 4.79 Å². The molecule has 3 aromatic rings. The molecule has 0 radical (unpaired) electrons. The van der Waals surface area contributed by atoms with E-state index in [9.17, 15) is 9.59 Å². The van der Waals surface area contributed by atoms with Crippen LogP contribution in [0, 0.1) is 0 Å². The molecule has 0 aliphatic heterocycles. The van der Waals surface area contributed by atoms with E-state index < -0.39 is 0 Å². The minimum absolute atomic E-state index is 0.00119. The molecule has 0 atom stereocenters. The Morgan fingerprint density at radius 3 is 2.67 bits per heavy atom. The van der Waals surface area contributed by atoms with E-state index in [2.05, 4.69) is 5.32 Å². The second kappa shape index (κ2) is 5.28. The van der Waals surface area contributed by atoms with Crippen molar-refractivity contribution in [2.75, 3.05) is 5.32 Å². The number of benzene rings is 1. The number of fused-ring (bicyclic) bond motifs is 1. The van der Waals surface area contributed by atoms with Crippen LogP contribution in [-0.4, -0.2) is 15.0 Å². The molecule has 5 heteroatoms. The molecule has 1 aromatic carbocycles. The third-order valence-electron chi connectivity index (χ3n) is 3.43. The van der Waals surface area contributed by atoms with Crippen LogP contribution in [0.2, 0.25) is 0 Å². The van der Waals surface area contributed by atoms with Crippen molar-refractivity contribution in [2.24, 2.45) is 7.05 Å². The summed E-state index contributed by atoms with van der Waals surface area (Å²) in [6.07, 6.45) is 1.60. The Labute approximate surface area is 121 Å². The topological polar surface area (TPSA) is 56.0 Å². The maximum absolute atomic E-state index is 12.1. The predicted molar refractivity (Wildman–Crippen MR) is 82.3 cm³/mol. The van der Waals surface area contributed by atoms with Gasteiger partial charge < -0.3 is 14.5 Å². The van der Waals surface area contributed by atoms with Gasteiger partial charge in [0.25, 0.3) is 5.56 Å². The number of pyridine rings is 1.